The number of unbranched alkanes of at least 4 members (excludes halogenated alkanes) is 7. The molecule has 4 amide bonds. The molecule has 2 fully saturated rings. The molecule has 0 aromatic heterocycles. The molecular formula is C27H48N4O4. The van der Waals surface area contributed by atoms with Gasteiger partial charge >= 0.3 is 11.8 Å². The lowest BCUT2D eigenvalue weighted by Gasteiger charge is -2.46. The smallest absolute Gasteiger partial charge is 0.328 e. The summed E-state index contributed by atoms with van der Waals surface area (Å²) >= 11 is 0. The highest BCUT2D eigenvalue weighted by atomic mass is 16.2. The first-order chi connectivity index (χ1) is 16.3. The number of carbonyl (C=O) groups excluding carboxylic acids is 4. The van der Waals surface area contributed by atoms with E-state index in [1.165, 1.54) is 38.5 Å². The van der Waals surface area contributed by atoms with Crippen molar-refractivity contribution in [2.45, 2.75) is 136 Å². The standard InChI is InChI=1S/C27H48N4O4/c1-7-8-9-10-11-12-13-14-15-19(2)21-16-22(32)31(25(21)35)29-24(34)23(33)28-20-17-26(3,4)30-27(5,6)18-20/h19-21,30H,7-18H2,1-6H3,(H,28,33)(H,29,34). The normalized spacial score (nSPS) is 22.8. The van der Waals surface area contributed by atoms with Crippen molar-refractivity contribution in [1.29, 1.82) is 0 Å². The lowest BCUT2D eigenvalue weighted by molar-refractivity contribution is -0.152. The van der Waals surface area contributed by atoms with E-state index >= 15 is 0 Å². The van der Waals surface area contributed by atoms with E-state index in [-0.39, 0.29) is 29.5 Å². The van der Waals surface area contributed by atoms with Crippen LogP contribution < -0.4 is 16.1 Å². The highest BCUT2D eigenvalue weighted by molar-refractivity contribution is 6.35. The van der Waals surface area contributed by atoms with Gasteiger partial charge in [-0.1, -0.05) is 65.2 Å². The van der Waals surface area contributed by atoms with E-state index in [9.17, 15) is 19.2 Å². The summed E-state index contributed by atoms with van der Waals surface area (Å²) in [6, 6.07) is -0.177. The lowest BCUT2D eigenvalue weighted by Crippen LogP contribution is -2.63. The van der Waals surface area contributed by atoms with E-state index in [0.717, 1.165) is 24.3 Å². The lowest BCUT2D eigenvalue weighted by atomic mass is 9.79. The summed E-state index contributed by atoms with van der Waals surface area (Å²) in [4.78, 5) is 50.4. The molecule has 0 bridgehead atoms. The van der Waals surface area contributed by atoms with E-state index < -0.39 is 29.5 Å². The number of hydrazine groups is 1. The van der Waals surface area contributed by atoms with Gasteiger partial charge in [-0.15, -0.1) is 0 Å². The predicted molar refractivity (Wildman–Crippen MR) is 137 cm³/mol. The van der Waals surface area contributed by atoms with Gasteiger partial charge in [0.15, 0.2) is 0 Å². The Bertz CT molecular complexity index is 748. The van der Waals surface area contributed by atoms with Crippen molar-refractivity contribution in [1.82, 2.24) is 21.1 Å². The van der Waals surface area contributed by atoms with Crippen LogP contribution in [0.25, 0.3) is 0 Å². The molecule has 2 unspecified atom stereocenters. The second-order valence-corrected chi connectivity index (χ2v) is 12.0. The molecule has 0 radical (unpaired) electrons. The van der Waals surface area contributed by atoms with Crippen LogP contribution in [0, 0.1) is 11.8 Å². The Labute approximate surface area is 211 Å². The van der Waals surface area contributed by atoms with E-state index in [0.29, 0.717) is 12.8 Å². The fourth-order valence-electron chi connectivity index (χ4n) is 5.85. The average molecular weight is 493 g/mol. The molecular weight excluding hydrogens is 444 g/mol. The van der Waals surface area contributed by atoms with Crippen LogP contribution in [0.4, 0.5) is 0 Å². The number of piperidine rings is 1. The summed E-state index contributed by atoms with van der Waals surface area (Å²) in [6.45, 7) is 12.4. The number of hydrogen-bond donors (Lipinski definition) is 3. The molecule has 0 aromatic carbocycles. The van der Waals surface area contributed by atoms with Crippen LogP contribution >= 0.6 is 0 Å². The van der Waals surface area contributed by atoms with Gasteiger partial charge in [0.05, 0.1) is 5.92 Å². The Kier molecular flexibility index (Phi) is 10.7. The monoisotopic (exact) mass is 492 g/mol. The van der Waals surface area contributed by atoms with Gasteiger partial charge in [0.2, 0.25) is 5.91 Å². The first-order valence-electron chi connectivity index (χ1n) is 13.6. The van der Waals surface area contributed by atoms with E-state index in [2.05, 4.69) is 50.7 Å². The number of nitrogens with one attached hydrogen (secondary N) is 3. The van der Waals surface area contributed by atoms with Crippen LogP contribution in [0.1, 0.15) is 119 Å². The molecule has 200 valence electrons. The molecule has 2 heterocycles. The summed E-state index contributed by atoms with van der Waals surface area (Å²) < 4.78 is 0. The average Bonchev–Trinajstić information content (AvgIpc) is 3.01. The van der Waals surface area contributed by atoms with Gasteiger partial charge in [-0.2, -0.15) is 5.01 Å². The molecule has 2 saturated heterocycles. The van der Waals surface area contributed by atoms with Crippen LogP contribution in [-0.2, 0) is 19.2 Å². The Morgan fingerprint density at radius 2 is 1.49 bits per heavy atom. The molecule has 0 aliphatic carbocycles. The summed E-state index contributed by atoms with van der Waals surface area (Å²) in [6.07, 6.45) is 12.1. The maximum absolute atomic E-state index is 12.9. The fraction of sp³-hybridized carbons (Fsp3) is 0.852. The number of nitrogens with zero attached hydrogens (tertiary/aromatic N) is 1. The summed E-state index contributed by atoms with van der Waals surface area (Å²) in [5.41, 5.74) is 1.89. The van der Waals surface area contributed by atoms with Crippen molar-refractivity contribution in [3.8, 4) is 0 Å². The first-order valence-corrected chi connectivity index (χ1v) is 13.6. The van der Waals surface area contributed by atoms with Gasteiger partial charge in [0.25, 0.3) is 5.91 Å². The van der Waals surface area contributed by atoms with Crippen LogP contribution in [0.2, 0.25) is 0 Å². The zero-order chi connectivity index (χ0) is 26.2. The minimum absolute atomic E-state index is 0.0569. The first kappa shape index (κ1) is 29.3. The van der Waals surface area contributed by atoms with Gasteiger partial charge in [-0.05, 0) is 52.9 Å². The molecule has 0 spiro atoms. The minimum atomic E-state index is -0.975. The van der Waals surface area contributed by atoms with E-state index in [1.807, 2.05) is 6.92 Å². The molecule has 0 aromatic rings. The molecule has 0 saturated carbocycles. The maximum atomic E-state index is 12.9. The molecule has 2 aliphatic heterocycles. The third kappa shape index (κ3) is 9.21. The van der Waals surface area contributed by atoms with Crippen LogP contribution in [0.3, 0.4) is 0 Å². The highest BCUT2D eigenvalue weighted by Crippen LogP contribution is 2.30. The number of amides is 4. The van der Waals surface area contributed by atoms with Gasteiger partial charge in [0.1, 0.15) is 0 Å². The zero-order valence-electron chi connectivity index (χ0n) is 22.8. The molecule has 35 heavy (non-hydrogen) atoms. The molecule has 8 nitrogen and oxygen atoms in total. The molecule has 2 rings (SSSR count). The maximum Gasteiger partial charge on any atom is 0.328 e. The van der Waals surface area contributed by atoms with Crippen LogP contribution in [-0.4, -0.2) is 45.8 Å². The number of imide groups is 1. The molecule has 8 heteroatoms. The Hall–Kier alpha value is -1.96. The number of rotatable bonds is 12. The highest BCUT2D eigenvalue weighted by Gasteiger charge is 2.43. The zero-order valence-corrected chi connectivity index (χ0v) is 22.8. The second-order valence-electron chi connectivity index (χ2n) is 12.0. The third-order valence-electron chi connectivity index (χ3n) is 7.33. The van der Waals surface area contributed by atoms with Crippen molar-refractivity contribution < 1.29 is 19.2 Å². The van der Waals surface area contributed by atoms with Crippen molar-refractivity contribution in [2.24, 2.45) is 11.8 Å². The van der Waals surface area contributed by atoms with Crippen molar-refractivity contribution in [3.63, 3.8) is 0 Å². The van der Waals surface area contributed by atoms with Crippen molar-refractivity contribution in [2.75, 3.05) is 0 Å². The summed E-state index contributed by atoms with van der Waals surface area (Å²) in [5, 5.41) is 7.07. The molecule has 3 N–H and O–H groups in total. The largest absolute Gasteiger partial charge is 0.345 e. The summed E-state index contributed by atoms with van der Waals surface area (Å²) in [5.74, 6) is -3.04. The Balaban J connectivity index is 1.78. The quantitative estimate of drug-likeness (QED) is 0.217. The minimum Gasteiger partial charge on any atom is -0.345 e. The Morgan fingerprint density at radius 1 is 0.943 bits per heavy atom. The molecule has 2 aliphatic rings. The van der Waals surface area contributed by atoms with Crippen LogP contribution in [0.15, 0.2) is 0 Å². The number of hydrogen-bond acceptors (Lipinski definition) is 5. The third-order valence-corrected chi connectivity index (χ3v) is 7.33. The van der Waals surface area contributed by atoms with E-state index in [1.54, 1.807) is 0 Å². The van der Waals surface area contributed by atoms with Gasteiger partial charge < -0.3 is 10.6 Å². The molecule has 2 atom stereocenters. The predicted octanol–water partition coefficient (Wildman–Crippen LogP) is 3.99. The van der Waals surface area contributed by atoms with E-state index in [4.69, 9.17) is 0 Å². The number of carbonyl (C=O) groups is 4. The SMILES string of the molecule is CCCCCCCCCCC(C)C1CC(=O)N(NC(=O)C(=O)NC2CC(C)(C)NC(C)(C)C2)C1=O. The second kappa shape index (κ2) is 12.8. The van der Waals surface area contributed by atoms with Crippen LogP contribution in [0.5, 0.6) is 0 Å². The fourth-order valence-corrected chi connectivity index (χ4v) is 5.85. The van der Waals surface area contributed by atoms with Crippen molar-refractivity contribution in [3.05, 3.63) is 0 Å². The Morgan fingerprint density at radius 3 is 2.06 bits per heavy atom. The summed E-state index contributed by atoms with van der Waals surface area (Å²) in [7, 11) is 0. The van der Waals surface area contributed by atoms with Gasteiger partial charge in [0, 0.05) is 23.5 Å². The van der Waals surface area contributed by atoms with Gasteiger partial charge in [-0.3, -0.25) is 19.2 Å². The van der Waals surface area contributed by atoms with Gasteiger partial charge in [-0.25, -0.2) is 5.43 Å². The van der Waals surface area contributed by atoms with Crippen molar-refractivity contribution >= 4 is 23.6 Å². The topological polar surface area (TPSA) is 108 Å².